The summed E-state index contributed by atoms with van der Waals surface area (Å²) in [7, 11) is 0. The molecule has 0 unspecified atom stereocenters. The highest BCUT2D eigenvalue weighted by Gasteiger charge is 2.23. The molecule has 0 radical (unpaired) electrons. The third kappa shape index (κ3) is 4.29. The summed E-state index contributed by atoms with van der Waals surface area (Å²) in [4.78, 5) is 24.5. The van der Waals surface area contributed by atoms with Crippen molar-refractivity contribution in [3.8, 4) is 11.5 Å². The van der Waals surface area contributed by atoms with E-state index in [-0.39, 0.29) is 19.1 Å². The first-order chi connectivity index (χ1) is 17.6. The van der Waals surface area contributed by atoms with Crippen LogP contribution >= 0.6 is 11.6 Å². The normalized spacial score (nSPS) is 15.7. The summed E-state index contributed by atoms with van der Waals surface area (Å²) in [6, 6.07) is 10.00. The summed E-state index contributed by atoms with van der Waals surface area (Å²) in [6.45, 7) is 7.13. The van der Waals surface area contributed by atoms with Crippen LogP contribution in [-0.4, -0.2) is 69.9 Å². The van der Waals surface area contributed by atoms with Gasteiger partial charge in [0.2, 0.25) is 12.6 Å². The maximum absolute atomic E-state index is 12.8. The van der Waals surface area contributed by atoms with Crippen LogP contribution in [0.2, 0.25) is 5.02 Å². The summed E-state index contributed by atoms with van der Waals surface area (Å²) >= 11 is 6.34. The first-order valence-corrected chi connectivity index (χ1v) is 12.5. The van der Waals surface area contributed by atoms with E-state index in [4.69, 9.17) is 26.2 Å². The lowest BCUT2D eigenvalue weighted by molar-refractivity contribution is 0.0964. The molecule has 1 N–H and O–H groups in total. The number of fused-ring (bicyclic) bond motifs is 2. The van der Waals surface area contributed by atoms with E-state index >= 15 is 0 Å². The third-order valence-corrected chi connectivity index (χ3v) is 7.44. The Morgan fingerprint density at radius 2 is 1.94 bits per heavy atom. The highest BCUT2D eigenvalue weighted by molar-refractivity contribution is 6.31. The minimum absolute atomic E-state index is 0.0754. The van der Waals surface area contributed by atoms with Gasteiger partial charge in [-0.25, -0.2) is 4.98 Å². The zero-order valence-corrected chi connectivity index (χ0v) is 20.8. The number of nitrogens with one attached hydrogen (secondary N) is 1. The quantitative estimate of drug-likeness (QED) is 0.382. The van der Waals surface area contributed by atoms with E-state index < -0.39 is 0 Å². The topological polar surface area (TPSA) is 88.5 Å². The number of anilines is 1. The van der Waals surface area contributed by atoms with Crippen molar-refractivity contribution in [1.82, 2.24) is 24.6 Å². The number of halogens is 1. The number of aromatic nitrogens is 4. The second-order valence-corrected chi connectivity index (χ2v) is 9.59. The number of aromatic amines is 1. The summed E-state index contributed by atoms with van der Waals surface area (Å²) in [5.41, 5.74) is 4.63. The predicted molar refractivity (Wildman–Crippen MR) is 137 cm³/mol. The molecule has 2 aliphatic heterocycles. The summed E-state index contributed by atoms with van der Waals surface area (Å²) in [5.74, 6) is 1.32. The summed E-state index contributed by atoms with van der Waals surface area (Å²) in [5, 5.41) is 6.65. The Bertz CT molecular complexity index is 1410. The first-order valence-electron chi connectivity index (χ1n) is 12.1. The van der Waals surface area contributed by atoms with E-state index in [1.807, 2.05) is 24.3 Å². The molecule has 1 saturated heterocycles. The molecular formula is C26H27ClN6O3. The van der Waals surface area contributed by atoms with Gasteiger partial charge in [0, 0.05) is 61.3 Å². The van der Waals surface area contributed by atoms with Crippen molar-refractivity contribution < 1.29 is 14.3 Å². The van der Waals surface area contributed by atoms with Gasteiger partial charge in [0.05, 0.1) is 23.7 Å². The number of H-pyrrole nitrogens is 1. The van der Waals surface area contributed by atoms with E-state index in [2.05, 4.69) is 32.8 Å². The average Bonchev–Trinajstić information content (AvgIpc) is 3.65. The lowest BCUT2D eigenvalue weighted by Crippen LogP contribution is -2.47. The number of ketones is 1. The maximum atomic E-state index is 12.8. The van der Waals surface area contributed by atoms with Crippen molar-refractivity contribution in [2.24, 2.45) is 0 Å². The fraction of sp³-hybridized carbons (Fsp3) is 0.346. The maximum Gasteiger partial charge on any atom is 0.231 e. The fourth-order valence-corrected chi connectivity index (χ4v) is 5.15. The lowest BCUT2D eigenvalue weighted by Gasteiger charge is -2.36. The van der Waals surface area contributed by atoms with Crippen LogP contribution in [0.4, 0.5) is 5.69 Å². The molecule has 4 aromatic rings. The number of Topliss-reactive ketones (excluding diaryl/α,β-unsaturated/α-hetero) is 1. The van der Waals surface area contributed by atoms with Crippen molar-refractivity contribution in [2.45, 2.75) is 19.9 Å². The molecule has 2 aliphatic rings. The number of rotatable bonds is 7. The van der Waals surface area contributed by atoms with Crippen LogP contribution in [0.25, 0.3) is 10.9 Å². The Kier molecular flexibility index (Phi) is 6.02. The molecule has 0 aliphatic carbocycles. The Morgan fingerprint density at radius 1 is 1.14 bits per heavy atom. The average molecular weight is 507 g/mol. The molecule has 1 fully saturated rings. The zero-order valence-electron chi connectivity index (χ0n) is 20.0. The van der Waals surface area contributed by atoms with Crippen molar-refractivity contribution in [1.29, 1.82) is 0 Å². The standard InChI is InChI=1S/C26H27ClN6O3/c1-17-19(27)3-2-4-22(17)32-9-7-31(8-10-32)6-5-20-18-11-25-26(36-16-35-25)12-23(18)33(30-20)14-24(34)21-13-28-15-29-21/h2-4,11-13,15H,5-10,14,16H2,1H3,(H,28,29). The van der Waals surface area contributed by atoms with E-state index in [1.54, 1.807) is 4.68 Å². The van der Waals surface area contributed by atoms with Crippen LogP contribution in [-0.2, 0) is 13.0 Å². The van der Waals surface area contributed by atoms with Gasteiger partial charge in [-0.15, -0.1) is 0 Å². The molecule has 9 nitrogen and oxygen atoms in total. The molecule has 2 aromatic carbocycles. The van der Waals surface area contributed by atoms with Crippen molar-refractivity contribution in [3.63, 3.8) is 0 Å². The third-order valence-electron chi connectivity index (χ3n) is 7.03. The highest BCUT2D eigenvalue weighted by atomic mass is 35.5. The lowest BCUT2D eigenvalue weighted by atomic mass is 10.1. The largest absolute Gasteiger partial charge is 0.454 e. The zero-order chi connectivity index (χ0) is 24.6. The highest BCUT2D eigenvalue weighted by Crippen LogP contribution is 2.37. The molecule has 0 spiro atoms. The minimum atomic E-state index is -0.0754. The number of ether oxygens (including phenoxy) is 2. The minimum Gasteiger partial charge on any atom is -0.454 e. The molecule has 0 bridgehead atoms. The molecule has 36 heavy (non-hydrogen) atoms. The molecule has 6 rings (SSSR count). The molecule has 0 atom stereocenters. The Morgan fingerprint density at radius 3 is 2.72 bits per heavy atom. The van der Waals surface area contributed by atoms with E-state index in [0.29, 0.717) is 17.2 Å². The van der Waals surface area contributed by atoms with Gasteiger partial charge in [-0.05, 0) is 30.7 Å². The van der Waals surface area contributed by atoms with Crippen LogP contribution in [0.3, 0.4) is 0 Å². The molecule has 4 heterocycles. The number of hydrogen-bond acceptors (Lipinski definition) is 7. The molecule has 10 heteroatoms. The Balaban J connectivity index is 1.18. The number of imidazole rings is 1. The van der Waals surface area contributed by atoms with Gasteiger partial charge >= 0.3 is 0 Å². The van der Waals surface area contributed by atoms with Crippen LogP contribution in [0.1, 0.15) is 21.7 Å². The molecule has 0 saturated carbocycles. The molecule has 0 amide bonds. The summed E-state index contributed by atoms with van der Waals surface area (Å²) < 4.78 is 13.0. The molecular weight excluding hydrogens is 480 g/mol. The summed E-state index contributed by atoms with van der Waals surface area (Å²) in [6.07, 6.45) is 3.82. The van der Waals surface area contributed by atoms with Crippen molar-refractivity contribution >= 4 is 34.0 Å². The smallest absolute Gasteiger partial charge is 0.231 e. The van der Waals surface area contributed by atoms with Gasteiger partial charge < -0.3 is 19.4 Å². The van der Waals surface area contributed by atoms with Crippen LogP contribution in [0, 0.1) is 6.92 Å². The Hall–Kier alpha value is -3.56. The van der Waals surface area contributed by atoms with E-state index in [9.17, 15) is 4.79 Å². The molecule has 186 valence electrons. The second kappa shape index (κ2) is 9.48. The van der Waals surface area contributed by atoms with Gasteiger partial charge in [0.15, 0.2) is 11.5 Å². The molecule has 2 aromatic heterocycles. The fourth-order valence-electron chi connectivity index (χ4n) is 4.98. The van der Waals surface area contributed by atoms with Crippen molar-refractivity contribution in [2.75, 3.05) is 44.4 Å². The SMILES string of the molecule is Cc1c(Cl)cccc1N1CCN(CCc2nn(CC(=O)c3cnc[nH]3)c3cc4c(cc23)OCO4)CC1. The van der Waals surface area contributed by atoms with Gasteiger partial charge in [0.25, 0.3) is 0 Å². The number of carbonyl (C=O) groups is 1. The number of piperazine rings is 1. The van der Waals surface area contributed by atoms with E-state index in [1.165, 1.54) is 18.2 Å². The van der Waals surface area contributed by atoms with Gasteiger partial charge in [-0.3, -0.25) is 14.4 Å². The van der Waals surface area contributed by atoms with Crippen LogP contribution < -0.4 is 14.4 Å². The predicted octanol–water partition coefficient (Wildman–Crippen LogP) is 3.70. The van der Waals surface area contributed by atoms with Gasteiger partial charge in [-0.1, -0.05) is 17.7 Å². The second-order valence-electron chi connectivity index (χ2n) is 9.18. The number of benzene rings is 2. The van der Waals surface area contributed by atoms with Gasteiger partial charge in [0.1, 0.15) is 12.2 Å². The number of hydrogen-bond donors (Lipinski definition) is 1. The number of nitrogens with zero attached hydrogens (tertiary/aromatic N) is 5. The van der Waals surface area contributed by atoms with Crippen LogP contribution in [0.5, 0.6) is 11.5 Å². The van der Waals surface area contributed by atoms with Gasteiger partial charge in [-0.2, -0.15) is 5.10 Å². The first kappa shape index (κ1) is 22.9. The Labute approximate surface area is 213 Å². The monoisotopic (exact) mass is 506 g/mol. The van der Waals surface area contributed by atoms with Crippen LogP contribution in [0.15, 0.2) is 42.9 Å². The van der Waals surface area contributed by atoms with Crippen molar-refractivity contribution in [3.05, 3.63) is 64.8 Å². The van der Waals surface area contributed by atoms with E-state index in [0.717, 1.165) is 66.3 Å². The number of carbonyl (C=O) groups excluding carboxylic acids is 1.